The third kappa shape index (κ3) is 4.93. The van der Waals surface area contributed by atoms with E-state index in [0.717, 1.165) is 37.1 Å². The average Bonchev–Trinajstić information content (AvgIpc) is 3.06. The lowest BCUT2D eigenvalue weighted by Crippen LogP contribution is -2.24. The second-order valence-electron chi connectivity index (χ2n) is 4.93. The van der Waals surface area contributed by atoms with E-state index in [1.165, 1.54) is 0 Å². The normalized spacial score (nSPS) is 11.3. The zero-order valence-electron chi connectivity index (χ0n) is 11.9. The van der Waals surface area contributed by atoms with Crippen LogP contribution in [0.2, 0.25) is 0 Å². The molecule has 2 aromatic heterocycles. The summed E-state index contributed by atoms with van der Waals surface area (Å²) in [5.41, 5.74) is 0. The Morgan fingerprint density at radius 3 is 3.00 bits per heavy atom. The summed E-state index contributed by atoms with van der Waals surface area (Å²) in [4.78, 5) is 4.02. The van der Waals surface area contributed by atoms with Crippen molar-refractivity contribution in [3.8, 4) is 0 Å². The summed E-state index contributed by atoms with van der Waals surface area (Å²) in [6, 6.07) is 0. The van der Waals surface area contributed by atoms with E-state index in [9.17, 15) is 0 Å². The van der Waals surface area contributed by atoms with Gasteiger partial charge in [-0.3, -0.25) is 0 Å². The molecule has 0 saturated carbocycles. The van der Waals surface area contributed by atoms with E-state index < -0.39 is 0 Å². The highest BCUT2D eigenvalue weighted by atomic mass is 32.2. The van der Waals surface area contributed by atoms with Gasteiger partial charge in [0.05, 0.1) is 12.9 Å². The molecule has 8 heteroatoms. The zero-order valence-corrected chi connectivity index (χ0v) is 12.8. The fraction of sp³-hybridized carbons (Fsp3) is 0.667. The smallest absolute Gasteiger partial charge is 0.209 e. The molecule has 0 aliphatic heterocycles. The molecule has 20 heavy (non-hydrogen) atoms. The predicted octanol–water partition coefficient (Wildman–Crippen LogP) is 0.907. The van der Waals surface area contributed by atoms with Crippen LogP contribution in [0, 0.1) is 5.92 Å². The van der Waals surface area contributed by atoms with Gasteiger partial charge in [0.2, 0.25) is 5.16 Å². The standard InChI is InChI=1S/C12H21N7S/c1-11(2)9-13-4-6-19-12(15-16-17-19)20-8-7-18-5-3-14-10-18/h3,5,10-11,13H,4,6-9H2,1-2H3. The highest BCUT2D eigenvalue weighted by Crippen LogP contribution is 2.13. The molecule has 0 saturated heterocycles. The summed E-state index contributed by atoms with van der Waals surface area (Å²) in [5, 5.41) is 16.1. The molecule has 0 aliphatic rings. The Morgan fingerprint density at radius 2 is 2.25 bits per heavy atom. The van der Waals surface area contributed by atoms with Gasteiger partial charge in [0.25, 0.3) is 0 Å². The summed E-state index contributed by atoms with van der Waals surface area (Å²) < 4.78 is 3.90. The number of hydrogen-bond acceptors (Lipinski definition) is 6. The van der Waals surface area contributed by atoms with E-state index in [0.29, 0.717) is 5.92 Å². The second kappa shape index (κ2) is 8.01. The highest BCUT2D eigenvalue weighted by molar-refractivity contribution is 7.99. The van der Waals surface area contributed by atoms with Gasteiger partial charge < -0.3 is 9.88 Å². The first-order valence-corrected chi connectivity index (χ1v) is 7.79. The predicted molar refractivity (Wildman–Crippen MR) is 78.5 cm³/mol. The molecule has 2 heterocycles. The van der Waals surface area contributed by atoms with Crippen LogP contribution in [0.3, 0.4) is 0 Å². The van der Waals surface area contributed by atoms with E-state index in [-0.39, 0.29) is 0 Å². The topological polar surface area (TPSA) is 73.5 Å². The molecule has 0 aliphatic carbocycles. The molecule has 0 bridgehead atoms. The zero-order chi connectivity index (χ0) is 14.2. The van der Waals surface area contributed by atoms with Gasteiger partial charge in [0.15, 0.2) is 0 Å². The molecule has 110 valence electrons. The van der Waals surface area contributed by atoms with E-state index in [1.54, 1.807) is 18.0 Å². The Kier molecular flexibility index (Phi) is 6.00. The molecular weight excluding hydrogens is 274 g/mol. The number of imidazole rings is 1. The summed E-state index contributed by atoms with van der Waals surface area (Å²) in [5.74, 6) is 1.59. The van der Waals surface area contributed by atoms with Crippen LogP contribution in [0.25, 0.3) is 0 Å². The number of tetrazole rings is 1. The van der Waals surface area contributed by atoms with Gasteiger partial charge in [0, 0.05) is 31.2 Å². The number of nitrogens with one attached hydrogen (secondary N) is 1. The van der Waals surface area contributed by atoms with Gasteiger partial charge in [-0.2, -0.15) is 0 Å². The molecule has 2 rings (SSSR count). The van der Waals surface area contributed by atoms with E-state index in [2.05, 4.69) is 39.7 Å². The third-order valence-corrected chi connectivity index (χ3v) is 3.63. The lowest BCUT2D eigenvalue weighted by atomic mass is 10.2. The van der Waals surface area contributed by atoms with Gasteiger partial charge in [-0.25, -0.2) is 9.67 Å². The first-order valence-electron chi connectivity index (χ1n) is 6.81. The third-order valence-electron chi connectivity index (χ3n) is 2.69. The highest BCUT2D eigenvalue weighted by Gasteiger charge is 2.06. The Labute approximate surface area is 123 Å². The molecule has 0 amide bonds. The summed E-state index contributed by atoms with van der Waals surface area (Å²) in [6.07, 6.45) is 5.56. The van der Waals surface area contributed by atoms with Gasteiger partial charge >= 0.3 is 0 Å². The molecule has 0 unspecified atom stereocenters. The Bertz CT molecular complexity index is 480. The maximum atomic E-state index is 4.06. The van der Waals surface area contributed by atoms with Gasteiger partial charge in [-0.1, -0.05) is 25.6 Å². The number of aromatic nitrogens is 6. The molecule has 2 aromatic rings. The first-order chi connectivity index (χ1) is 9.75. The monoisotopic (exact) mass is 295 g/mol. The van der Waals surface area contributed by atoms with Crippen molar-refractivity contribution in [2.24, 2.45) is 5.92 Å². The van der Waals surface area contributed by atoms with Crippen molar-refractivity contribution >= 4 is 11.8 Å². The lowest BCUT2D eigenvalue weighted by Gasteiger charge is -2.08. The summed E-state index contributed by atoms with van der Waals surface area (Å²) >= 11 is 1.67. The van der Waals surface area contributed by atoms with Gasteiger partial charge in [0.1, 0.15) is 0 Å². The molecule has 0 radical (unpaired) electrons. The van der Waals surface area contributed by atoms with Crippen molar-refractivity contribution in [1.29, 1.82) is 0 Å². The maximum Gasteiger partial charge on any atom is 0.209 e. The van der Waals surface area contributed by atoms with Crippen molar-refractivity contribution in [1.82, 2.24) is 35.1 Å². The Hall–Kier alpha value is -1.41. The second-order valence-corrected chi connectivity index (χ2v) is 5.99. The van der Waals surface area contributed by atoms with Crippen molar-refractivity contribution < 1.29 is 0 Å². The van der Waals surface area contributed by atoms with Crippen molar-refractivity contribution in [3.05, 3.63) is 18.7 Å². The van der Waals surface area contributed by atoms with Crippen LogP contribution in [-0.2, 0) is 13.1 Å². The van der Waals surface area contributed by atoms with E-state index >= 15 is 0 Å². The van der Waals surface area contributed by atoms with Crippen LogP contribution in [0.4, 0.5) is 0 Å². The minimum Gasteiger partial charge on any atom is -0.337 e. The molecular formula is C12H21N7S. The van der Waals surface area contributed by atoms with Crippen LogP contribution in [0.5, 0.6) is 0 Å². The fourth-order valence-corrected chi connectivity index (χ4v) is 2.53. The molecule has 7 nitrogen and oxygen atoms in total. The number of hydrogen-bond donors (Lipinski definition) is 1. The van der Waals surface area contributed by atoms with E-state index in [4.69, 9.17) is 0 Å². The molecule has 1 N–H and O–H groups in total. The van der Waals surface area contributed by atoms with Crippen molar-refractivity contribution in [3.63, 3.8) is 0 Å². The summed E-state index contributed by atoms with van der Waals surface area (Å²) in [7, 11) is 0. The fourth-order valence-electron chi connectivity index (χ4n) is 1.68. The first kappa shape index (κ1) is 15.0. The number of aryl methyl sites for hydroxylation is 1. The van der Waals surface area contributed by atoms with Crippen molar-refractivity contribution in [2.75, 3.05) is 18.8 Å². The SMILES string of the molecule is CC(C)CNCCn1nnnc1SCCn1ccnc1. The number of nitrogens with zero attached hydrogens (tertiary/aromatic N) is 6. The quantitative estimate of drug-likeness (QED) is 0.547. The Morgan fingerprint density at radius 1 is 1.35 bits per heavy atom. The molecule has 0 spiro atoms. The van der Waals surface area contributed by atoms with E-state index in [1.807, 2.05) is 21.8 Å². The number of rotatable bonds is 9. The van der Waals surface area contributed by atoms with Crippen LogP contribution in [-0.4, -0.2) is 48.6 Å². The molecule has 0 aromatic carbocycles. The van der Waals surface area contributed by atoms with Crippen LogP contribution in [0.1, 0.15) is 13.8 Å². The minimum atomic E-state index is 0.660. The number of thioether (sulfide) groups is 1. The minimum absolute atomic E-state index is 0.660. The average molecular weight is 295 g/mol. The maximum absolute atomic E-state index is 4.06. The van der Waals surface area contributed by atoms with Crippen molar-refractivity contribution in [2.45, 2.75) is 32.1 Å². The van der Waals surface area contributed by atoms with Crippen LogP contribution < -0.4 is 5.32 Å². The molecule has 0 atom stereocenters. The Balaban J connectivity index is 1.71. The van der Waals surface area contributed by atoms with Gasteiger partial charge in [-0.15, -0.1) is 5.10 Å². The molecule has 0 fully saturated rings. The lowest BCUT2D eigenvalue weighted by molar-refractivity contribution is 0.482. The largest absolute Gasteiger partial charge is 0.337 e. The van der Waals surface area contributed by atoms with Gasteiger partial charge in [-0.05, 0) is 22.9 Å². The summed E-state index contributed by atoms with van der Waals surface area (Å²) in [6.45, 7) is 8.00. The van der Waals surface area contributed by atoms with Crippen LogP contribution in [0.15, 0.2) is 23.9 Å². The van der Waals surface area contributed by atoms with Crippen LogP contribution >= 0.6 is 11.8 Å².